The molecule has 1 aliphatic rings. The van der Waals surface area contributed by atoms with Crippen LogP contribution in [0.2, 0.25) is 0 Å². The first-order valence-corrected chi connectivity index (χ1v) is 7.44. The number of carbonyl (C=O) groups excluding carboxylic acids is 1. The maximum atomic E-state index is 12.4. The van der Waals surface area contributed by atoms with Gasteiger partial charge in [-0.15, -0.1) is 0 Å². The SMILES string of the molecule is Nc1ccc(C(=O)N2CCC(OCC(=O)O)CC2)cc1Br. The number of halogens is 1. The van der Waals surface area contributed by atoms with Gasteiger partial charge < -0.3 is 20.5 Å². The van der Waals surface area contributed by atoms with Gasteiger partial charge in [-0.05, 0) is 47.0 Å². The number of nitrogens with two attached hydrogens (primary N) is 1. The van der Waals surface area contributed by atoms with Gasteiger partial charge in [-0.3, -0.25) is 4.79 Å². The molecule has 0 bridgehead atoms. The fourth-order valence-electron chi connectivity index (χ4n) is 2.26. The van der Waals surface area contributed by atoms with Crippen molar-refractivity contribution in [2.45, 2.75) is 18.9 Å². The zero-order valence-corrected chi connectivity index (χ0v) is 13.0. The van der Waals surface area contributed by atoms with Crippen molar-refractivity contribution in [3.63, 3.8) is 0 Å². The summed E-state index contributed by atoms with van der Waals surface area (Å²) in [4.78, 5) is 24.6. The van der Waals surface area contributed by atoms with Crippen LogP contribution in [-0.2, 0) is 9.53 Å². The molecule has 3 N–H and O–H groups in total. The molecule has 0 saturated carbocycles. The van der Waals surface area contributed by atoms with Gasteiger partial charge in [0.25, 0.3) is 5.91 Å². The number of nitrogens with zero attached hydrogens (tertiary/aromatic N) is 1. The fourth-order valence-corrected chi connectivity index (χ4v) is 2.64. The highest BCUT2D eigenvalue weighted by Gasteiger charge is 2.24. The third kappa shape index (κ3) is 4.18. The summed E-state index contributed by atoms with van der Waals surface area (Å²) in [7, 11) is 0. The fraction of sp³-hybridized carbons (Fsp3) is 0.429. The zero-order chi connectivity index (χ0) is 15.4. The molecule has 1 heterocycles. The van der Waals surface area contributed by atoms with E-state index in [4.69, 9.17) is 15.6 Å². The number of hydrogen-bond acceptors (Lipinski definition) is 4. The monoisotopic (exact) mass is 356 g/mol. The van der Waals surface area contributed by atoms with Crippen LogP contribution in [0.25, 0.3) is 0 Å². The highest BCUT2D eigenvalue weighted by molar-refractivity contribution is 9.10. The van der Waals surface area contributed by atoms with E-state index < -0.39 is 5.97 Å². The van der Waals surface area contributed by atoms with Crippen LogP contribution in [0, 0.1) is 0 Å². The lowest BCUT2D eigenvalue weighted by molar-refractivity contribution is -0.145. The Hall–Kier alpha value is -1.60. The summed E-state index contributed by atoms with van der Waals surface area (Å²) in [6.45, 7) is 0.833. The van der Waals surface area contributed by atoms with Crippen LogP contribution in [0.5, 0.6) is 0 Å². The van der Waals surface area contributed by atoms with E-state index in [1.165, 1.54) is 0 Å². The standard InChI is InChI=1S/C14H17BrN2O4/c15-11-7-9(1-2-12(11)16)14(20)17-5-3-10(4-6-17)21-8-13(18)19/h1-2,7,10H,3-6,8,16H2,(H,18,19). The molecule has 0 unspecified atom stereocenters. The van der Waals surface area contributed by atoms with Crippen LogP contribution in [0.3, 0.4) is 0 Å². The molecule has 1 aromatic rings. The van der Waals surface area contributed by atoms with E-state index in [0.29, 0.717) is 41.7 Å². The summed E-state index contributed by atoms with van der Waals surface area (Å²) >= 11 is 3.31. The van der Waals surface area contributed by atoms with Crippen LogP contribution < -0.4 is 5.73 Å². The maximum absolute atomic E-state index is 12.4. The predicted molar refractivity (Wildman–Crippen MR) is 81.1 cm³/mol. The number of carboxylic acid groups (broad SMARTS) is 1. The number of benzene rings is 1. The highest BCUT2D eigenvalue weighted by Crippen LogP contribution is 2.22. The molecule has 0 atom stereocenters. The Bertz CT molecular complexity index is 542. The van der Waals surface area contributed by atoms with E-state index in [0.717, 1.165) is 0 Å². The summed E-state index contributed by atoms with van der Waals surface area (Å²) in [6, 6.07) is 5.11. The van der Waals surface area contributed by atoms with Gasteiger partial charge in [-0.1, -0.05) is 0 Å². The number of hydrogen-bond donors (Lipinski definition) is 2. The number of carboxylic acids is 1. The number of amides is 1. The number of nitrogen functional groups attached to an aromatic ring is 1. The Balaban J connectivity index is 1.90. The molecule has 1 amide bonds. The van der Waals surface area contributed by atoms with E-state index in [9.17, 15) is 9.59 Å². The molecular weight excluding hydrogens is 340 g/mol. The van der Waals surface area contributed by atoms with Crippen LogP contribution in [-0.4, -0.2) is 47.7 Å². The molecule has 21 heavy (non-hydrogen) atoms. The molecule has 1 aromatic carbocycles. The average Bonchev–Trinajstić information content (AvgIpc) is 2.48. The van der Waals surface area contributed by atoms with Crippen molar-refractivity contribution in [2.75, 3.05) is 25.4 Å². The minimum absolute atomic E-state index is 0.0487. The van der Waals surface area contributed by atoms with E-state index in [1.54, 1.807) is 23.1 Å². The van der Waals surface area contributed by atoms with E-state index in [2.05, 4.69) is 15.9 Å². The second-order valence-electron chi connectivity index (χ2n) is 4.93. The van der Waals surface area contributed by atoms with Crippen LogP contribution in [0.15, 0.2) is 22.7 Å². The van der Waals surface area contributed by atoms with Gasteiger partial charge in [0.15, 0.2) is 0 Å². The lowest BCUT2D eigenvalue weighted by Gasteiger charge is -2.31. The number of ether oxygens (including phenoxy) is 1. The minimum Gasteiger partial charge on any atom is -0.480 e. The maximum Gasteiger partial charge on any atom is 0.329 e. The smallest absolute Gasteiger partial charge is 0.329 e. The number of likely N-dealkylation sites (tertiary alicyclic amines) is 1. The molecule has 7 heteroatoms. The Labute approximate surface area is 131 Å². The zero-order valence-electron chi connectivity index (χ0n) is 11.4. The van der Waals surface area contributed by atoms with Gasteiger partial charge >= 0.3 is 5.97 Å². The predicted octanol–water partition coefficient (Wildman–Crippen LogP) is 1.74. The van der Waals surface area contributed by atoms with Gasteiger partial charge in [0.2, 0.25) is 0 Å². The van der Waals surface area contributed by atoms with Crippen LogP contribution in [0.1, 0.15) is 23.2 Å². The third-order valence-corrected chi connectivity index (χ3v) is 4.11. The quantitative estimate of drug-likeness (QED) is 0.801. The van der Waals surface area contributed by atoms with Crippen molar-refractivity contribution >= 4 is 33.5 Å². The molecule has 1 saturated heterocycles. The molecule has 0 aliphatic carbocycles. The van der Waals surface area contributed by atoms with Gasteiger partial charge in [-0.25, -0.2) is 4.79 Å². The minimum atomic E-state index is -0.972. The van der Waals surface area contributed by atoms with Crippen LogP contribution >= 0.6 is 15.9 Å². The Morgan fingerprint density at radius 1 is 1.38 bits per heavy atom. The van der Waals surface area contributed by atoms with Gasteiger partial charge in [0.05, 0.1) is 6.10 Å². The molecule has 0 radical (unpaired) electrons. The molecule has 1 aliphatic heterocycles. The van der Waals surface area contributed by atoms with Gasteiger partial charge in [-0.2, -0.15) is 0 Å². The van der Waals surface area contributed by atoms with Crippen LogP contribution in [0.4, 0.5) is 5.69 Å². The number of piperidine rings is 1. The lowest BCUT2D eigenvalue weighted by Crippen LogP contribution is -2.41. The largest absolute Gasteiger partial charge is 0.480 e. The first-order valence-electron chi connectivity index (χ1n) is 6.65. The van der Waals surface area contributed by atoms with Crippen molar-refractivity contribution in [2.24, 2.45) is 0 Å². The summed E-state index contributed by atoms with van der Waals surface area (Å²) in [5.74, 6) is -1.02. The lowest BCUT2D eigenvalue weighted by atomic mass is 10.1. The van der Waals surface area contributed by atoms with Gasteiger partial charge in [0.1, 0.15) is 6.61 Å². The first kappa shape index (κ1) is 15.8. The summed E-state index contributed by atoms with van der Waals surface area (Å²) in [6.07, 6.45) is 1.20. The van der Waals surface area contributed by atoms with Crippen molar-refractivity contribution in [3.8, 4) is 0 Å². The Morgan fingerprint density at radius 2 is 2.05 bits per heavy atom. The molecule has 114 valence electrons. The average molecular weight is 357 g/mol. The van der Waals surface area contributed by atoms with E-state index in [-0.39, 0.29) is 18.6 Å². The molecular formula is C14H17BrN2O4. The van der Waals surface area contributed by atoms with E-state index in [1.807, 2.05) is 0 Å². The number of rotatable bonds is 4. The van der Waals surface area contributed by atoms with Crippen molar-refractivity contribution < 1.29 is 19.4 Å². The third-order valence-electron chi connectivity index (χ3n) is 3.42. The summed E-state index contributed by atoms with van der Waals surface area (Å²) in [5.41, 5.74) is 6.88. The Kier molecular flexibility index (Phi) is 5.19. The second kappa shape index (κ2) is 6.91. The van der Waals surface area contributed by atoms with Crippen molar-refractivity contribution in [3.05, 3.63) is 28.2 Å². The Morgan fingerprint density at radius 3 is 2.62 bits per heavy atom. The molecule has 2 rings (SSSR count). The second-order valence-corrected chi connectivity index (χ2v) is 5.79. The van der Waals surface area contributed by atoms with Crippen molar-refractivity contribution in [1.82, 2.24) is 4.90 Å². The van der Waals surface area contributed by atoms with E-state index >= 15 is 0 Å². The highest BCUT2D eigenvalue weighted by atomic mass is 79.9. The van der Waals surface area contributed by atoms with Gasteiger partial charge in [0, 0.05) is 28.8 Å². The summed E-state index contributed by atoms with van der Waals surface area (Å²) in [5, 5.41) is 8.58. The normalized spacial score (nSPS) is 16.0. The molecule has 6 nitrogen and oxygen atoms in total. The number of anilines is 1. The number of aliphatic carboxylic acids is 1. The first-order chi connectivity index (χ1) is 9.97. The summed E-state index contributed by atoms with van der Waals surface area (Å²) < 4.78 is 5.95. The molecule has 0 aromatic heterocycles. The molecule has 1 fully saturated rings. The topological polar surface area (TPSA) is 92.9 Å². The molecule has 0 spiro atoms. The number of carbonyl (C=O) groups is 2. The van der Waals surface area contributed by atoms with Crippen molar-refractivity contribution in [1.29, 1.82) is 0 Å².